The predicted octanol–water partition coefficient (Wildman–Crippen LogP) is 3.51. The summed E-state index contributed by atoms with van der Waals surface area (Å²) in [5.74, 6) is 0. The summed E-state index contributed by atoms with van der Waals surface area (Å²) in [4.78, 5) is 12.3. The molecule has 2 aromatic carbocycles. The number of benzene rings is 2. The van der Waals surface area contributed by atoms with Gasteiger partial charge in [0.25, 0.3) is 0 Å². The van der Waals surface area contributed by atoms with Crippen LogP contribution in [0.4, 0.5) is 0 Å². The zero-order valence-corrected chi connectivity index (χ0v) is 9.57. The van der Waals surface area contributed by atoms with Gasteiger partial charge in [-0.3, -0.25) is 4.79 Å². The van der Waals surface area contributed by atoms with Crippen LogP contribution in [0.3, 0.4) is 0 Å². The second kappa shape index (κ2) is 3.74. The lowest BCUT2D eigenvalue weighted by molar-refractivity contribution is 0.659. The summed E-state index contributed by atoms with van der Waals surface area (Å²) >= 11 is 0. The van der Waals surface area contributed by atoms with E-state index in [9.17, 15) is 4.79 Å². The molecule has 1 aromatic heterocycles. The third-order valence-corrected chi connectivity index (χ3v) is 3.05. The van der Waals surface area contributed by atoms with Gasteiger partial charge in [-0.25, -0.2) is 0 Å². The van der Waals surface area contributed by atoms with Crippen LogP contribution in [0.2, 0.25) is 0 Å². The molecule has 0 spiro atoms. The third kappa shape index (κ3) is 1.53. The summed E-state index contributed by atoms with van der Waals surface area (Å²) in [5.41, 5.74) is 2.51. The lowest BCUT2D eigenvalue weighted by Gasteiger charge is -2.02. The molecule has 2 nitrogen and oxygen atoms in total. The molecule has 0 bridgehead atoms. The minimum absolute atomic E-state index is 0.0529. The van der Waals surface area contributed by atoms with E-state index >= 15 is 0 Å². The van der Waals surface area contributed by atoms with Crippen molar-refractivity contribution in [2.24, 2.45) is 0 Å². The minimum Gasteiger partial charge on any atom is -0.456 e. The number of aryl methyl sites for hydroxylation is 1. The van der Waals surface area contributed by atoms with E-state index < -0.39 is 0 Å². The highest BCUT2D eigenvalue weighted by Crippen LogP contribution is 2.19. The van der Waals surface area contributed by atoms with Gasteiger partial charge in [0.1, 0.15) is 11.2 Å². The number of hydrogen-bond donors (Lipinski definition) is 0. The van der Waals surface area contributed by atoms with Crippen molar-refractivity contribution in [1.82, 2.24) is 0 Å². The molecule has 0 saturated heterocycles. The molecule has 0 saturated carbocycles. The average Bonchev–Trinajstić information content (AvgIpc) is 2.39. The van der Waals surface area contributed by atoms with E-state index in [2.05, 4.69) is 6.92 Å². The van der Waals surface area contributed by atoms with Gasteiger partial charge in [0, 0.05) is 0 Å². The summed E-state index contributed by atoms with van der Waals surface area (Å²) in [7, 11) is 0. The number of fused-ring (bicyclic) bond motifs is 2. The highest BCUT2D eigenvalue weighted by molar-refractivity contribution is 5.89. The quantitative estimate of drug-likeness (QED) is 0.592. The molecule has 0 aliphatic rings. The van der Waals surface area contributed by atoms with Gasteiger partial charge in [-0.15, -0.1) is 0 Å². The summed E-state index contributed by atoms with van der Waals surface area (Å²) in [6.45, 7) is 2.07. The van der Waals surface area contributed by atoms with Crippen LogP contribution < -0.4 is 5.43 Å². The average molecular weight is 224 g/mol. The first-order valence-electron chi connectivity index (χ1n) is 5.74. The maximum atomic E-state index is 12.3. The van der Waals surface area contributed by atoms with Crippen LogP contribution in [0, 0.1) is 0 Å². The van der Waals surface area contributed by atoms with Crippen molar-refractivity contribution in [3.8, 4) is 0 Å². The molecule has 1 heterocycles. The molecule has 0 aliphatic heterocycles. The Hall–Kier alpha value is -2.09. The normalized spacial score (nSPS) is 11.1. The van der Waals surface area contributed by atoms with Gasteiger partial charge in [-0.1, -0.05) is 25.1 Å². The van der Waals surface area contributed by atoms with Gasteiger partial charge in [-0.05, 0) is 36.2 Å². The van der Waals surface area contributed by atoms with Crippen molar-refractivity contribution in [2.75, 3.05) is 0 Å². The van der Waals surface area contributed by atoms with Crippen LogP contribution in [-0.2, 0) is 6.42 Å². The molecular formula is C15H12O2. The monoisotopic (exact) mass is 224 g/mol. The van der Waals surface area contributed by atoms with Crippen molar-refractivity contribution in [2.45, 2.75) is 13.3 Å². The predicted molar refractivity (Wildman–Crippen MR) is 69.4 cm³/mol. The van der Waals surface area contributed by atoms with Crippen LogP contribution in [0.1, 0.15) is 12.5 Å². The Morgan fingerprint density at radius 1 is 1.00 bits per heavy atom. The molecule has 3 aromatic rings. The molecule has 17 heavy (non-hydrogen) atoms. The first-order valence-corrected chi connectivity index (χ1v) is 5.74. The molecule has 0 unspecified atom stereocenters. The maximum Gasteiger partial charge on any atom is 0.200 e. The zero-order chi connectivity index (χ0) is 11.8. The standard InChI is InChI=1S/C15H12O2/c1-2-10-7-8-14-12(9-10)15(16)11-5-3-4-6-13(11)17-14/h3-9H,2H2,1H3. The largest absolute Gasteiger partial charge is 0.456 e. The lowest BCUT2D eigenvalue weighted by Crippen LogP contribution is -2.02. The Labute approximate surface area is 98.5 Å². The molecule has 0 N–H and O–H groups in total. The van der Waals surface area contributed by atoms with Crippen LogP contribution in [-0.4, -0.2) is 0 Å². The van der Waals surface area contributed by atoms with E-state index in [1.807, 2.05) is 36.4 Å². The second-order valence-electron chi connectivity index (χ2n) is 4.11. The van der Waals surface area contributed by atoms with Gasteiger partial charge >= 0.3 is 0 Å². The molecule has 0 aliphatic carbocycles. The van der Waals surface area contributed by atoms with Crippen LogP contribution >= 0.6 is 0 Å². The van der Waals surface area contributed by atoms with Crippen LogP contribution in [0.25, 0.3) is 21.9 Å². The fourth-order valence-electron chi connectivity index (χ4n) is 2.07. The fourth-order valence-corrected chi connectivity index (χ4v) is 2.07. The molecule has 0 fully saturated rings. The van der Waals surface area contributed by atoms with Crippen molar-refractivity contribution < 1.29 is 4.42 Å². The highest BCUT2D eigenvalue weighted by atomic mass is 16.3. The summed E-state index contributed by atoms with van der Waals surface area (Å²) in [6.07, 6.45) is 0.919. The van der Waals surface area contributed by atoms with E-state index in [-0.39, 0.29) is 5.43 Å². The van der Waals surface area contributed by atoms with E-state index in [1.165, 1.54) is 0 Å². The Kier molecular flexibility index (Phi) is 2.22. The SMILES string of the molecule is CCc1ccc2oc3ccccc3c(=O)c2c1. The summed E-state index contributed by atoms with van der Waals surface area (Å²) in [5, 5.41) is 1.32. The summed E-state index contributed by atoms with van der Waals surface area (Å²) in [6, 6.07) is 13.2. The first kappa shape index (κ1) is 10.1. The molecular weight excluding hydrogens is 212 g/mol. The maximum absolute atomic E-state index is 12.3. The van der Waals surface area contributed by atoms with E-state index in [0.29, 0.717) is 21.9 Å². The van der Waals surface area contributed by atoms with Crippen molar-refractivity contribution in [3.05, 3.63) is 58.3 Å². The highest BCUT2D eigenvalue weighted by Gasteiger charge is 2.06. The van der Waals surface area contributed by atoms with E-state index in [1.54, 1.807) is 6.07 Å². The summed E-state index contributed by atoms with van der Waals surface area (Å²) < 4.78 is 5.73. The van der Waals surface area contributed by atoms with Gasteiger partial charge in [0.15, 0.2) is 0 Å². The Morgan fingerprint density at radius 2 is 1.76 bits per heavy atom. The third-order valence-electron chi connectivity index (χ3n) is 3.05. The van der Waals surface area contributed by atoms with Gasteiger partial charge in [0.05, 0.1) is 10.8 Å². The molecule has 0 radical (unpaired) electrons. The number of para-hydroxylation sites is 1. The van der Waals surface area contributed by atoms with Gasteiger partial charge in [-0.2, -0.15) is 0 Å². The van der Waals surface area contributed by atoms with E-state index in [4.69, 9.17) is 4.42 Å². The van der Waals surface area contributed by atoms with Crippen LogP contribution in [0.15, 0.2) is 51.7 Å². The smallest absolute Gasteiger partial charge is 0.200 e. The topological polar surface area (TPSA) is 30.2 Å². The van der Waals surface area contributed by atoms with Crippen LogP contribution in [0.5, 0.6) is 0 Å². The van der Waals surface area contributed by atoms with Crippen molar-refractivity contribution >= 4 is 21.9 Å². The second-order valence-corrected chi connectivity index (χ2v) is 4.11. The van der Waals surface area contributed by atoms with Gasteiger partial charge in [0.2, 0.25) is 5.43 Å². The fraction of sp³-hybridized carbons (Fsp3) is 0.133. The molecule has 3 rings (SSSR count). The lowest BCUT2D eigenvalue weighted by atomic mass is 10.1. The first-order chi connectivity index (χ1) is 8.29. The zero-order valence-electron chi connectivity index (χ0n) is 9.57. The molecule has 0 atom stereocenters. The Bertz CT molecular complexity index is 754. The molecule has 0 amide bonds. The minimum atomic E-state index is 0.0529. The number of rotatable bonds is 1. The van der Waals surface area contributed by atoms with Crippen molar-refractivity contribution in [1.29, 1.82) is 0 Å². The Balaban J connectivity index is 2.51. The Morgan fingerprint density at radius 3 is 2.59 bits per heavy atom. The van der Waals surface area contributed by atoms with Gasteiger partial charge < -0.3 is 4.42 Å². The molecule has 2 heteroatoms. The molecule has 84 valence electrons. The van der Waals surface area contributed by atoms with E-state index in [0.717, 1.165) is 12.0 Å². The van der Waals surface area contributed by atoms with Crippen molar-refractivity contribution in [3.63, 3.8) is 0 Å². The number of hydrogen-bond acceptors (Lipinski definition) is 2.